The molecule has 0 radical (unpaired) electrons. The Kier molecular flexibility index (Phi) is 10.4. The standard InChI is InChI=1S/C64H62N4O/c1-41-31-48(63(6,7)8)32-42(2)61(41)46-38-66-67(40-46)49-33-45(53-22-16-15-21-52(53)43-19-13-12-14-20-43)34-51(35-49)69-50-29-30-55-54-23-17-18-24-58(54)68(59(55)36-50)60-37-57(64(9,10)11)56(39-65-60)44-25-27-47(28-26-44)62(3,4)5/h12-40H,1-11H3/i1D3. The van der Waals surface area contributed by atoms with Crippen molar-refractivity contribution in [2.75, 3.05) is 0 Å². The van der Waals surface area contributed by atoms with E-state index >= 15 is 0 Å². The summed E-state index contributed by atoms with van der Waals surface area (Å²) in [5.41, 5.74) is 15.0. The van der Waals surface area contributed by atoms with Crippen molar-refractivity contribution in [3.05, 3.63) is 204 Å². The van der Waals surface area contributed by atoms with Gasteiger partial charge in [0.05, 0.1) is 22.9 Å². The molecule has 7 aromatic carbocycles. The monoisotopic (exact) mass is 906 g/mol. The van der Waals surface area contributed by atoms with Crippen molar-refractivity contribution in [3.8, 4) is 67.5 Å². The molecular weight excluding hydrogens is 841 g/mol. The number of nitrogens with zero attached hydrogens (tertiary/aromatic N) is 4. The zero-order valence-corrected chi connectivity index (χ0v) is 41.4. The maximum Gasteiger partial charge on any atom is 0.137 e. The second kappa shape index (κ2) is 17.2. The van der Waals surface area contributed by atoms with Crippen LogP contribution in [0.5, 0.6) is 11.5 Å². The number of rotatable bonds is 8. The Morgan fingerprint density at radius 3 is 1.86 bits per heavy atom. The van der Waals surface area contributed by atoms with Crippen LogP contribution in [0.1, 0.15) is 94.2 Å². The van der Waals surface area contributed by atoms with E-state index in [0.717, 1.165) is 83.4 Å². The average molecular weight is 906 g/mol. The van der Waals surface area contributed by atoms with Gasteiger partial charge in [0.25, 0.3) is 0 Å². The number of hydrogen-bond acceptors (Lipinski definition) is 3. The van der Waals surface area contributed by atoms with Crippen LogP contribution in [0, 0.1) is 13.8 Å². The smallest absolute Gasteiger partial charge is 0.137 e. The van der Waals surface area contributed by atoms with E-state index in [-0.39, 0.29) is 16.2 Å². The van der Waals surface area contributed by atoms with Crippen LogP contribution in [0.15, 0.2) is 176 Å². The van der Waals surface area contributed by atoms with Crippen molar-refractivity contribution < 1.29 is 8.85 Å². The highest BCUT2D eigenvalue weighted by Gasteiger charge is 2.24. The van der Waals surface area contributed by atoms with Gasteiger partial charge in [-0.05, 0) is 128 Å². The molecule has 3 aromatic heterocycles. The summed E-state index contributed by atoms with van der Waals surface area (Å²) in [6.45, 7) is 19.5. The molecule has 0 spiro atoms. The van der Waals surface area contributed by atoms with Crippen LogP contribution in [-0.4, -0.2) is 19.3 Å². The highest BCUT2D eigenvalue weighted by Crippen LogP contribution is 2.41. The van der Waals surface area contributed by atoms with Gasteiger partial charge in [-0.15, -0.1) is 0 Å². The molecule has 0 aliphatic heterocycles. The van der Waals surface area contributed by atoms with Gasteiger partial charge in [-0.25, -0.2) is 9.67 Å². The number of aryl methyl sites for hydroxylation is 2. The van der Waals surface area contributed by atoms with Gasteiger partial charge in [-0.2, -0.15) is 5.10 Å². The van der Waals surface area contributed by atoms with Crippen molar-refractivity contribution in [1.29, 1.82) is 0 Å². The normalized spacial score (nSPS) is 13.1. The molecule has 344 valence electrons. The van der Waals surface area contributed by atoms with E-state index in [2.05, 4.69) is 200 Å². The predicted octanol–water partition coefficient (Wildman–Crippen LogP) is 17.3. The second-order valence-electron chi connectivity index (χ2n) is 21.6. The molecule has 69 heavy (non-hydrogen) atoms. The molecule has 0 fully saturated rings. The molecule has 0 aliphatic carbocycles. The van der Waals surface area contributed by atoms with Crippen LogP contribution in [0.2, 0.25) is 0 Å². The fraction of sp³-hybridized carbons (Fsp3) is 0.219. The van der Waals surface area contributed by atoms with E-state index in [9.17, 15) is 0 Å². The summed E-state index contributed by atoms with van der Waals surface area (Å²) in [7, 11) is 0. The first-order chi connectivity index (χ1) is 34.1. The van der Waals surface area contributed by atoms with Crippen molar-refractivity contribution in [2.45, 2.75) is 92.3 Å². The minimum absolute atomic E-state index is 0.0589. The zero-order chi connectivity index (χ0) is 50.9. The van der Waals surface area contributed by atoms with Crippen molar-refractivity contribution in [1.82, 2.24) is 19.3 Å². The first-order valence-electron chi connectivity index (χ1n) is 25.5. The number of hydrogen-bond donors (Lipinski definition) is 0. The lowest BCUT2D eigenvalue weighted by Gasteiger charge is -2.25. The van der Waals surface area contributed by atoms with Crippen LogP contribution >= 0.6 is 0 Å². The maximum atomic E-state index is 8.61. The van der Waals surface area contributed by atoms with Crippen LogP contribution in [0.25, 0.3) is 77.8 Å². The highest BCUT2D eigenvalue weighted by molar-refractivity contribution is 6.09. The summed E-state index contributed by atoms with van der Waals surface area (Å²) in [5, 5.41) is 7.12. The molecule has 0 N–H and O–H groups in total. The molecule has 5 heteroatoms. The van der Waals surface area contributed by atoms with Crippen LogP contribution < -0.4 is 4.74 Å². The molecule has 0 unspecified atom stereocenters. The topological polar surface area (TPSA) is 44.9 Å². The van der Waals surface area contributed by atoms with Gasteiger partial charge >= 0.3 is 0 Å². The molecule has 0 saturated carbocycles. The summed E-state index contributed by atoms with van der Waals surface area (Å²) in [5.74, 6) is 2.11. The third kappa shape index (κ3) is 8.79. The largest absolute Gasteiger partial charge is 0.457 e. The molecule has 0 bridgehead atoms. The zero-order valence-electron chi connectivity index (χ0n) is 44.4. The van der Waals surface area contributed by atoms with Gasteiger partial charge in [-0.1, -0.05) is 172 Å². The third-order valence-electron chi connectivity index (χ3n) is 13.4. The average Bonchev–Trinajstić information content (AvgIpc) is 3.96. The van der Waals surface area contributed by atoms with E-state index in [4.69, 9.17) is 18.9 Å². The maximum absolute atomic E-state index is 8.61. The minimum atomic E-state index is -2.33. The lowest BCUT2D eigenvalue weighted by atomic mass is 9.81. The number of pyridine rings is 1. The van der Waals surface area contributed by atoms with E-state index in [1.165, 1.54) is 11.1 Å². The second-order valence-corrected chi connectivity index (χ2v) is 21.6. The summed E-state index contributed by atoms with van der Waals surface area (Å²) >= 11 is 0. The molecule has 10 aromatic rings. The summed E-state index contributed by atoms with van der Waals surface area (Å²) in [6, 6.07) is 54.9. The number of fused-ring (bicyclic) bond motifs is 3. The summed E-state index contributed by atoms with van der Waals surface area (Å²) in [4.78, 5) is 5.22. The Labute approximate surface area is 412 Å². The van der Waals surface area contributed by atoms with Gasteiger partial charge in [0.15, 0.2) is 0 Å². The van der Waals surface area contributed by atoms with Crippen LogP contribution in [0.3, 0.4) is 0 Å². The Morgan fingerprint density at radius 1 is 0.493 bits per heavy atom. The number of para-hydroxylation sites is 1. The number of benzene rings is 7. The van der Waals surface area contributed by atoms with Crippen molar-refractivity contribution in [2.24, 2.45) is 0 Å². The molecule has 10 rings (SSSR count). The first-order valence-corrected chi connectivity index (χ1v) is 24.0. The van der Waals surface area contributed by atoms with Gasteiger partial charge in [0, 0.05) is 50.5 Å². The molecular formula is C64H62N4O. The predicted molar refractivity (Wildman–Crippen MR) is 290 cm³/mol. The Morgan fingerprint density at radius 2 is 1.14 bits per heavy atom. The Balaban J connectivity index is 1.11. The fourth-order valence-corrected chi connectivity index (χ4v) is 9.69. The molecule has 5 nitrogen and oxygen atoms in total. The quantitative estimate of drug-likeness (QED) is 0.153. The fourth-order valence-electron chi connectivity index (χ4n) is 9.69. The lowest BCUT2D eigenvalue weighted by Crippen LogP contribution is -2.15. The minimum Gasteiger partial charge on any atom is -0.457 e. The van der Waals surface area contributed by atoms with Gasteiger partial charge < -0.3 is 4.74 Å². The molecule has 0 saturated heterocycles. The SMILES string of the molecule is [2H]C([2H])([2H])c1cc(C(C)(C)C)cc(C)c1-c1cnn(-c2cc(Oc3ccc4c5ccccc5n(-c5cc(C(C)(C)C)c(-c6ccc(C(C)(C)C)cc6)cn5)c4c3)cc(-c3ccccc3-c3ccccc3)c2)c1. The first kappa shape index (κ1) is 41.7. The van der Waals surface area contributed by atoms with E-state index in [1.807, 2.05) is 48.3 Å². The van der Waals surface area contributed by atoms with E-state index in [0.29, 0.717) is 22.6 Å². The highest BCUT2D eigenvalue weighted by atomic mass is 16.5. The third-order valence-corrected chi connectivity index (χ3v) is 13.4. The number of aromatic nitrogens is 4. The van der Waals surface area contributed by atoms with Crippen LogP contribution in [-0.2, 0) is 16.2 Å². The molecule has 3 heterocycles. The van der Waals surface area contributed by atoms with Gasteiger partial charge in [0.2, 0.25) is 0 Å². The van der Waals surface area contributed by atoms with Crippen molar-refractivity contribution >= 4 is 21.8 Å². The van der Waals surface area contributed by atoms with Crippen LogP contribution in [0.4, 0.5) is 0 Å². The van der Waals surface area contributed by atoms with Gasteiger partial charge in [-0.3, -0.25) is 4.57 Å². The molecule has 0 atom stereocenters. The Hall–Kier alpha value is -7.50. The van der Waals surface area contributed by atoms with Gasteiger partial charge in [0.1, 0.15) is 17.3 Å². The molecule has 0 aliphatic rings. The lowest BCUT2D eigenvalue weighted by molar-refractivity contribution is 0.483. The van der Waals surface area contributed by atoms with Crippen molar-refractivity contribution in [3.63, 3.8) is 0 Å². The summed E-state index contributed by atoms with van der Waals surface area (Å²) in [6.07, 6.45) is 5.73. The van der Waals surface area contributed by atoms with E-state index in [1.54, 1.807) is 6.20 Å². The van der Waals surface area contributed by atoms with E-state index < -0.39 is 6.85 Å². The molecule has 0 amide bonds. The number of ether oxygens (including phenoxy) is 1. The Bertz CT molecular complexity index is 3650. The summed E-state index contributed by atoms with van der Waals surface area (Å²) < 4.78 is 36.9.